The third kappa shape index (κ3) is 2.61. The van der Waals surface area contributed by atoms with E-state index in [9.17, 15) is 4.79 Å². The normalized spacial score (nSPS) is 17.9. The van der Waals surface area contributed by atoms with Crippen LogP contribution in [-0.4, -0.2) is 16.6 Å². The molecule has 5 heteroatoms. The standard InChI is InChI=1S/C11H17N3O2/c1-8-5-9(14-16-8)7-13-10(15)6-11(12)3-2-4-11/h5H,2-4,6-7,12H2,1H3,(H,13,15). The lowest BCUT2D eigenvalue weighted by molar-refractivity contribution is -0.123. The van der Waals surface area contributed by atoms with Crippen LogP contribution in [0.4, 0.5) is 0 Å². The number of carbonyl (C=O) groups is 1. The maximum atomic E-state index is 11.6. The number of aryl methyl sites for hydroxylation is 1. The number of aromatic nitrogens is 1. The zero-order chi connectivity index (χ0) is 11.6. The average molecular weight is 223 g/mol. The fourth-order valence-electron chi connectivity index (χ4n) is 1.88. The van der Waals surface area contributed by atoms with Gasteiger partial charge >= 0.3 is 0 Å². The first-order valence-electron chi connectivity index (χ1n) is 5.55. The minimum absolute atomic E-state index is 0.0112. The lowest BCUT2D eigenvalue weighted by Gasteiger charge is -2.37. The molecular weight excluding hydrogens is 206 g/mol. The zero-order valence-corrected chi connectivity index (χ0v) is 9.45. The van der Waals surface area contributed by atoms with Crippen LogP contribution in [0.5, 0.6) is 0 Å². The summed E-state index contributed by atoms with van der Waals surface area (Å²) >= 11 is 0. The predicted molar refractivity (Wildman–Crippen MR) is 58.5 cm³/mol. The van der Waals surface area contributed by atoms with E-state index < -0.39 is 0 Å². The molecule has 1 aliphatic carbocycles. The number of amides is 1. The third-order valence-corrected chi connectivity index (χ3v) is 3.01. The Bertz CT molecular complexity index is 382. The highest BCUT2D eigenvalue weighted by molar-refractivity contribution is 5.77. The topological polar surface area (TPSA) is 81.2 Å². The predicted octanol–water partition coefficient (Wildman–Crippen LogP) is 0.871. The molecule has 0 radical (unpaired) electrons. The molecule has 0 atom stereocenters. The summed E-state index contributed by atoms with van der Waals surface area (Å²) in [6.07, 6.45) is 3.43. The largest absolute Gasteiger partial charge is 0.361 e. The first-order chi connectivity index (χ1) is 7.57. The highest BCUT2D eigenvalue weighted by atomic mass is 16.5. The van der Waals surface area contributed by atoms with E-state index in [1.54, 1.807) is 0 Å². The van der Waals surface area contributed by atoms with E-state index in [1.807, 2.05) is 13.0 Å². The van der Waals surface area contributed by atoms with Crippen LogP contribution in [-0.2, 0) is 11.3 Å². The Morgan fingerprint density at radius 1 is 1.69 bits per heavy atom. The van der Waals surface area contributed by atoms with Crippen molar-refractivity contribution in [3.63, 3.8) is 0 Å². The van der Waals surface area contributed by atoms with Crippen LogP contribution in [0.25, 0.3) is 0 Å². The van der Waals surface area contributed by atoms with Crippen LogP contribution in [0.2, 0.25) is 0 Å². The second-order valence-electron chi connectivity index (χ2n) is 4.60. The Labute approximate surface area is 94.4 Å². The van der Waals surface area contributed by atoms with E-state index in [0.717, 1.165) is 30.7 Å². The van der Waals surface area contributed by atoms with Gasteiger partial charge in [-0.3, -0.25) is 4.79 Å². The van der Waals surface area contributed by atoms with Crippen molar-refractivity contribution in [3.8, 4) is 0 Å². The smallest absolute Gasteiger partial charge is 0.222 e. The van der Waals surface area contributed by atoms with E-state index >= 15 is 0 Å². The molecule has 1 amide bonds. The van der Waals surface area contributed by atoms with Gasteiger partial charge in [0.2, 0.25) is 5.91 Å². The molecule has 1 fully saturated rings. The SMILES string of the molecule is Cc1cc(CNC(=O)CC2(N)CCC2)no1. The van der Waals surface area contributed by atoms with Gasteiger partial charge in [0.15, 0.2) is 0 Å². The first-order valence-corrected chi connectivity index (χ1v) is 5.55. The zero-order valence-electron chi connectivity index (χ0n) is 9.45. The number of hydrogen-bond acceptors (Lipinski definition) is 4. The van der Waals surface area contributed by atoms with Gasteiger partial charge in [-0.05, 0) is 26.2 Å². The van der Waals surface area contributed by atoms with E-state index in [-0.39, 0.29) is 11.4 Å². The molecule has 5 nitrogen and oxygen atoms in total. The molecule has 88 valence electrons. The Hall–Kier alpha value is -1.36. The minimum atomic E-state index is -0.260. The molecule has 2 rings (SSSR count). The highest BCUT2D eigenvalue weighted by Crippen LogP contribution is 2.31. The second-order valence-corrected chi connectivity index (χ2v) is 4.60. The molecule has 1 aromatic heterocycles. The van der Waals surface area contributed by atoms with Crippen molar-refractivity contribution in [2.45, 2.75) is 44.7 Å². The van der Waals surface area contributed by atoms with Gasteiger partial charge in [0.25, 0.3) is 0 Å². The fraction of sp³-hybridized carbons (Fsp3) is 0.636. The Kier molecular flexibility index (Phi) is 2.96. The van der Waals surface area contributed by atoms with Crippen LogP contribution in [0, 0.1) is 6.92 Å². The number of nitrogens with two attached hydrogens (primary N) is 1. The van der Waals surface area contributed by atoms with Crippen molar-refractivity contribution in [2.24, 2.45) is 5.73 Å². The molecule has 1 aromatic rings. The number of hydrogen-bond donors (Lipinski definition) is 2. The van der Waals surface area contributed by atoms with Crippen molar-refractivity contribution in [3.05, 3.63) is 17.5 Å². The number of rotatable bonds is 4. The van der Waals surface area contributed by atoms with Crippen LogP contribution in [0.3, 0.4) is 0 Å². The summed E-state index contributed by atoms with van der Waals surface area (Å²) in [5, 5.41) is 6.59. The molecule has 3 N–H and O–H groups in total. The monoisotopic (exact) mass is 223 g/mol. The summed E-state index contributed by atoms with van der Waals surface area (Å²) in [4.78, 5) is 11.6. The lowest BCUT2D eigenvalue weighted by Crippen LogP contribution is -2.49. The molecular formula is C11H17N3O2. The third-order valence-electron chi connectivity index (χ3n) is 3.01. The van der Waals surface area contributed by atoms with Crippen LogP contribution in [0.15, 0.2) is 10.6 Å². The van der Waals surface area contributed by atoms with Gasteiger partial charge < -0.3 is 15.6 Å². The summed E-state index contributed by atoms with van der Waals surface area (Å²) in [6.45, 7) is 2.23. The second kappa shape index (κ2) is 4.25. The molecule has 16 heavy (non-hydrogen) atoms. The van der Waals surface area contributed by atoms with Crippen LogP contribution >= 0.6 is 0 Å². The molecule has 1 heterocycles. The molecule has 1 aliphatic rings. The van der Waals surface area contributed by atoms with E-state index in [1.165, 1.54) is 0 Å². The van der Waals surface area contributed by atoms with E-state index in [2.05, 4.69) is 10.5 Å². The van der Waals surface area contributed by atoms with E-state index in [4.69, 9.17) is 10.3 Å². The van der Waals surface area contributed by atoms with Gasteiger partial charge in [0, 0.05) is 18.0 Å². The van der Waals surface area contributed by atoms with E-state index in [0.29, 0.717) is 13.0 Å². The van der Waals surface area contributed by atoms with Gasteiger partial charge in [-0.25, -0.2) is 0 Å². The van der Waals surface area contributed by atoms with Gasteiger partial charge in [-0.1, -0.05) is 5.16 Å². The lowest BCUT2D eigenvalue weighted by atomic mass is 9.75. The molecule has 0 saturated heterocycles. The molecule has 0 aliphatic heterocycles. The van der Waals surface area contributed by atoms with Crippen molar-refractivity contribution in [1.82, 2.24) is 10.5 Å². The van der Waals surface area contributed by atoms with Crippen LogP contribution in [0.1, 0.15) is 37.1 Å². The quantitative estimate of drug-likeness (QED) is 0.793. The fourth-order valence-corrected chi connectivity index (χ4v) is 1.88. The van der Waals surface area contributed by atoms with Gasteiger partial charge in [0.1, 0.15) is 11.5 Å². The van der Waals surface area contributed by atoms with Crippen molar-refractivity contribution in [1.29, 1.82) is 0 Å². The molecule has 0 aromatic carbocycles. The molecule has 0 spiro atoms. The van der Waals surface area contributed by atoms with Crippen molar-refractivity contribution >= 4 is 5.91 Å². The van der Waals surface area contributed by atoms with Gasteiger partial charge in [0.05, 0.1) is 6.54 Å². The Morgan fingerprint density at radius 2 is 2.44 bits per heavy atom. The maximum Gasteiger partial charge on any atom is 0.222 e. The molecule has 0 bridgehead atoms. The Balaban J connectivity index is 1.75. The summed E-state index contributed by atoms with van der Waals surface area (Å²) in [5.74, 6) is 0.737. The summed E-state index contributed by atoms with van der Waals surface area (Å²) in [6, 6.07) is 1.81. The van der Waals surface area contributed by atoms with Gasteiger partial charge in [-0.2, -0.15) is 0 Å². The molecule has 0 unspecified atom stereocenters. The molecule has 1 saturated carbocycles. The number of nitrogens with one attached hydrogen (secondary N) is 1. The van der Waals surface area contributed by atoms with Crippen molar-refractivity contribution < 1.29 is 9.32 Å². The summed E-state index contributed by atoms with van der Waals surface area (Å²) < 4.78 is 4.90. The van der Waals surface area contributed by atoms with Gasteiger partial charge in [-0.15, -0.1) is 0 Å². The summed E-state index contributed by atoms with van der Waals surface area (Å²) in [7, 11) is 0. The highest BCUT2D eigenvalue weighted by Gasteiger charge is 2.34. The number of nitrogens with zero attached hydrogens (tertiary/aromatic N) is 1. The minimum Gasteiger partial charge on any atom is -0.361 e. The summed E-state index contributed by atoms with van der Waals surface area (Å²) in [5.41, 5.74) is 6.46. The van der Waals surface area contributed by atoms with Crippen molar-refractivity contribution in [2.75, 3.05) is 0 Å². The Morgan fingerprint density at radius 3 is 2.94 bits per heavy atom. The number of carbonyl (C=O) groups excluding carboxylic acids is 1. The van der Waals surface area contributed by atoms with Crippen LogP contribution < -0.4 is 11.1 Å². The average Bonchev–Trinajstić information content (AvgIpc) is 2.59. The maximum absolute atomic E-state index is 11.6. The first kappa shape index (κ1) is 11.1.